The summed E-state index contributed by atoms with van der Waals surface area (Å²) in [5.74, 6) is -0.524. The molecule has 1 fully saturated rings. The van der Waals surface area contributed by atoms with Crippen LogP contribution in [-0.2, 0) is 15.0 Å². The quantitative estimate of drug-likeness (QED) is 0.443. The number of piperidine rings is 1. The molecule has 2 aromatic carbocycles. The number of likely N-dealkylation sites (tertiary alicyclic amines) is 1. The SMILES string of the molecule is CC(=O)Nc1cccc(C2=CCN(C(=O)c3ccc4c(c3)C3(CCN(C(=O)c5cc(C#N)c[nH]5)CC3)C(=O)N4)CC2)c1. The van der Waals surface area contributed by atoms with E-state index >= 15 is 0 Å². The highest BCUT2D eigenvalue weighted by Gasteiger charge is 2.49. The van der Waals surface area contributed by atoms with Crippen molar-refractivity contribution in [2.45, 2.75) is 31.6 Å². The van der Waals surface area contributed by atoms with Crippen LogP contribution in [-0.4, -0.2) is 64.6 Å². The minimum absolute atomic E-state index is 0.0951. The van der Waals surface area contributed by atoms with E-state index in [-0.39, 0.29) is 23.6 Å². The molecule has 0 atom stereocenters. The molecule has 3 aliphatic rings. The highest BCUT2D eigenvalue weighted by molar-refractivity contribution is 6.08. The van der Waals surface area contributed by atoms with Gasteiger partial charge in [-0.15, -0.1) is 0 Å². The number of hydrogen-bond acceptors (Lipinski definition) is 5. The normalized spacial score (nSPS) is 17.2. The van der Waals surface area contributed by atoms with Crippen LogP contribution in [0, 0.1) is 11.3 Å². The summed E-state index contributed by atoms with van der Waals surface area (Å²) in [6, 6.07) is 16.6. The molecule has 4 heterocycles. The zero-order valence-corrected chi connectivity index (χ0v) is 23.2. The summed E-state index contributed by atoms with van der Waals surface area (Å²) in [5.41, 5.74) is 4.87. The number of amides is 4. The van der Waals surface area contributed by atoms with E-state index in [0.717, 1.165) is 22.4 Å². The van der Waals surface area contributed by atoms with Gasteiger partial charge in [0.25, 0.3) is 11.8 Å². The monoisotopic (exact) mass is 562 g/mol. The maximum Gasteiger partial charge on any atom is 0.270 e. The Labute approximate surface area is 243 Å². The van der Waals surface area contributed by atoms with Crippen molar-refractivity contribution in [3.8, 4) is 6.07 Å². The smallest absolute Gasteiger partial charge is 0.270 e. The Kier molecular flexibility index (Phi) is 6.86. The second-order valence-corrected chi connectivity index (χ2v) is 11.0. The lowest BCUT2D eigenvalue weighted by molar-refractivity contribution is -0.122. The van der Waals surface area contributed by atoms with Crippen LogP contribution >= 0.6 is 0 Å². The van der Waals surface area contributed by atoms with Gasteiger partial charge in [-0.2, -0.15) is 5.26 Å². The van der Waals surface area contributed by atoms with Crippen molar-refractivity contribution in [1.29, 1.82) is 5.26 Å². The standard InChI is InChI=1S/C32H30N6O4/c1-20(39)35-25-4-2-3-23(16-25)22-7-11-37(12-8-22)29(40)24-5-6-27-26(17-24)32(31(42)36-27)9-13-38(14-10-32)30(41)28-15-21(18-33)19-34-28/h2-7,15-17,19,34H,8-14H2,1H3,(H,35,39)(H,36,42). The predicted octanol–water partition coefficient (Wildman–Crippen LogP) is 3.90. The molecule has 1 aromatic heterocycles. The molecule has 3 aliphatic heterocycles. The Bertz CT molecular complexity index is 1690. The lowest BCUT2D eigenvalue weighted by atomic mass is 9.73. The fourth-order valence-electron chi connectivity index (χ4n) is 6.19. The number of hydrogen-bond donors (Lipinski definition) is 3. The predicted molar refractivity (Wildman–Crippen MR) is 157 cm³/mol. The Balaban J connectivity index is 1.16. The average molecular weight is 563 g/mol. The van der Waals surface area contributed by atoms with E-state index in [1.54, 1.807) is 21.9 Å². The molecule has 1 spiro atoms. The highest BCUT2D eigenvalue weighted by atomic mass is 16.2. The first-order chi connectivity index (χ1) is 20.3. The molecule has 0 unspecified atom stereocenters. The number of nitriles is 1. The van der Waals surface area contributed by atoms with Crippen molar-refractivity contribution in [3.63, 3.8) is 0 Å². The zero-order valence-electron chi connectivity index (χ0n) is 23.2. The molecule has 6 rings (SSSR count). The fraction of sp³-hybridized carbons (Fsp3) is 0.281. The van der Waals surface area contributed by atoms with Gasteiger partial charge in [-0.1, -0.05) is 18.2 Å². The fourth-order valence-corrected chi connectivity index (χ4v) is 6.19. The first-order valence-electron chi connectivity index (χ1n) is 14.0. The Morgan fingerprint density at radius 1 is 1.00 bits per heavy atom. The summed E-state index contributed by atoms with van der Waals surface area (Å²) in [5, 5.41) is 14.9. The Morgan fingerprint density at radius 2 is 1.81 bits per heavy atom. The van der Waals surface area contributed by atoms with Gasteiger partial charge in [-0.05, 0) is 72.4 Å². The number of carbonyl (C=O) groups excluding carboxylic acids is 4. The van der Waals surface area contributed by atoms with Crippen molar-refractivity contribution in [2.75, 3.05) is 36.8 Å². The number of carbonyl (C=O) groups is 4. The van der Waals surface area contributed by atoms with Crippen LogP contribution in [0.3, 0.4) is 0 Å². The summed E-state index contributed by atoms with van der Waals surface area (Å²) in [4.78, 5) is 57.6. The second-order valence-electron chi connectivity index (χ2n) is 11.0. The summed E-state index contributed by atoms with van der Waals surface area (Å²) in [6.07, 6.45) is 5.11. The lowest BCUT2D eigenvalue weighted by Crippen LogP contribution is -2.48. The van der Waals surface area contributed by atoms with Gasteiger partial charge in [0, 0.05) is 56.2 Å². The molecule has 0 saturated carbocycles. The number of nitrogens with zero attached hydrogens (tertiary/aromatic N) is 3. The van der Waals surface area contributed by atoms with Gasteiger partial charge in [0.05, 0.1) is 11.0 Å². The maximum atomic E-state index is 13.6. The third-order valence-corrected chi connectivity index (χ3v) is 8.46. The van der Waals surface area contributed by atoms with Gasteiger partial charge in [-0.25, -0.2) is 0 Å². The minimum atomic E-state index is -0.802. The minimum Gasteiger partial charge on any atom is -0.356 e. The summed E-state index contributed by atoms with van der Waals surface area (Å²) in [6.45, 7) is 3.25. The van der Waals surface area contributed by atoms with E-state index in [4.69, 9.17) is 5.26 Å². The maximum absolute atomic E-state index is 13.6. The van der Waals surface area contributed by atoms with Crippen LogP contribution in [0.4, 0.5) is 11.4 Å². The van der Waals surface area contributed by atoms with E-state index in [0.29, 0.717) is 67.9 Å². The van der Waals surface area contributed by atoms with Crippen molar-refractivity contribution in [1.82, 2.24) is 14.8 Å². The molecule has 3 aromatic rings. The molecule has 0 bridgehead atoms. The number of aromatic nitrogens is 1. The van der Waals surface area contributed by atoms with E-state index in [1.807, 2.05) is 42.5 Å². The number of benzene rings is 2. The van der Waals surface area contributed by atoms with Crippen molar-refractivity contribution in [3.05, 3.63) is 88.8 Å². The Morgan fingerprint density at radius 3 is 2.50 bits per heavy atom. The van der Waals surface area contributed by atoms with E-state index in [1.165, 1.54) is 19.2 Å². The molecule has 1 saturated heterocycles. The molecule has 4 amide bonds. The first kappa shape index (κ1) is 27.0. The number of rotatable bonds is 4. The van der Waals surface area contributed by atoms with Crippen LogP contribution in [0.25, 0.3) is 5.57 Å². The third-order valence-electron chi connectivity index (χ3n) is 8.46. The van der Waals surface area contributed by atoms with Crippen molar-refractivity contribution >= 4 is 40.6 Å². The van der Waals surface area contributed by atoms with E-state index in [9.17, 15) is 19.2 Å². The third kappa shape index (κ3) is 4.83. The largest absolute Gasteiger partial charge is 0.356 e. The van der Waals surface area contributed by atoms with Gasteiger partial charge in [0.2, 0.25) is 11.8 Å². The van der Waals surface area contributed by atoms with Crippen LogP contribution in [0.15, 0.2) is 60.8 Å². The van der Waals surface area contributed by atoms with Crippen LogP contribution in [0.1, 0.15) is 63.7 Å². The lowest BCUT2D eigenvalue weighted by Gasteiger charge is -2.38. The molecule has 212 valence electrons. The van der Waals surface area contributed by atoms with E-state index < -0.39 is 5.41 Å². The average Bonchev–Trinajstić information content (AvgIpc) is 3.59. The topological polar surface area (TPSA) is 138 Å². The van der Waals surface area contributed by atoms with Gasteiger partial charge in [-0.3, -0.25) is 19.2 Å². The van der Waals surface area contributed by atoms with Crippen molar-refractivity contribution in [2.24, 2.45) is 0 Å². The number of aromatic amines is 1. The van der Waals surface area contributed by atoms with Crippen LogP contribution < -0.4 is 10.6 Å². The number of fused-ring (bicyclic) bond motifs is 2. The molecular weight excluding hydrogens is 532 g/mol. The molecular formula is C32H30N6O4. The number of H-pyrrole nitrogens is 1. The van der Waals surface area contributed by atoms with Gasteiger partial charge < -0.3 is 25.4 Å². The molecule has 3 N–H and O–H groups in total. The number of anilines is 2. The van der Waals surface area contributed by atoms with Crippen LogP contribution in [0.5, 0.6) is 0 Å². The molecule has 0 radical (unpaired) electrons. The molecule has 0 aliphatic carbocycles. The van der Waals surface area contributed by atoms with Gasteiger partial charge in [0.1, 0.15) is 11.8 Å². The van der Waals surface area contributed by atoms with Gasteiger partial charge >= 0.3 is 0 Å². The van der Waals surface area contributed by atoms with Gasteiger partial charge in [0.15, 0.2) is 0 Å². The molecule has 10 nitrogen and oxygen atoms in total. The highest BCUT2D eigenvalue weighted by Crippen LogP contribution is 2.45. The summed E-state index contributed by atoms with van der Waals surface area (Å²) in [7, 11) is 0. The Hall–Kier alpha value is -5.17. The molecule has 42 heavy (non-hydrogen) atoms. The zero-order chi connectivity index (χ0) is 29.4. The van der Waals surface area contributed by atoms with E-state index in [2.05, 4.69) is 15.6 Å². The van der Waals surface area contributed by atoms with Crippen LogP contribution in [0.2, 0.25) is 0 Å². The van der Waals surface area contributed by atoms with Crippen molar-refractivity contribution < 1.29 is 19.2 Å². The first-order valence-corrected chi connectivity index (χ1v) is 14.0. The molecule has 10 heteroatoms. The second kappa shape index (κ2) is 10.7. The summed E-state index contributed by atoms with van der Waals surface area (Å²) < 4.78 is 0. The number of nitrogens with one attached hydrogen (secondary N) is 3. The summed E-state index contributed by atoms with van der Waals surface area (Å²) >= 11 is 0.